The van der Waals surface area contributed by atoms with Crippen LogP contribution in [-0.4, -0.2) is 38.8 Å². The van der Waals surface area contributed by atoms with Crippen molar-refractivity contribution in [1.82, 2.24) is 0 Å². The van der Waals surface area contributed by atoms with Crippen molar-refractivity contribution in [3.05, 3.63) is 17.7 Å². The first-order valence-electron chi connectivity index (χ1n) is 7.13. The second kappa shape index (κ2) is 5.71. The SMILES string of the molecule is COc1cc(C(O)C2(CN)CCCOC2)cc2c1OCO2. The lowest BCUT2D eigenvalue weighted by Crippen LogP contribution is -2.43. The summed E-state index contributed by atoms with van der Waals surface area (Å²) < 4.78 is 21.6. The molecule has 6 heteroatoms. The Labute approximate surface area is 123 Å². The van der Waals surface area contributed by atoms with Crippen LogP contribution in [0.2, 0.25) is 0 Å². The zero-order valence-corrected chi connectivity index (χ0v) is 12.1. The third-order valence-corrected chi connectivity index (χ3v) is 4.34. The lowest BCUT2D eigenvalue weighted by Gasteiger charge is -2.40. The van der Waals surface area contributed by atoms with E-state index in [1.165, 1.54) is 0 Å². The van der Waals surface area contributed by atoms with Crippen LogP contribution in [0.5, 0.6) is 17.2 Å². The predicted molar refractivity (Wildman–Crippen MR) is 75.6 cm³/mol. The van der Waals surface area contributed by atoms with Crippen LogP contribution in [0.4, 0.5) is 0 Å². The van der Waals surface area contributed by atoms with Gasteiger partial charge in [0.05, 0.1) is 19.8 Å². The van der Waals surface area contributed by atoms with Crippen LogP contribution < -0.4 is 19.9 Å². The highest BCUT2D eigenvalue weighted by Crippen LogP contribution is 2.47. The Morgan fingerprint density at radius 3 is 2.95 bits per heavy atom. The van der Waals surface area contributed by atoms with E-state index in [0.717, 1.165) is 19.4 Å². The van der Waals surface area contributed by atoms with Gasteiger partial charge in [-0.05, 0) is 30.5 Å². The van der Waals surface area contributed by atoms with E-state index in [1.54, 1.807) is 19.2 Å². The molecule has 1 aromatic carbocycles. The minimum Gasteiger partial charge on any atom is -0.493 e. The quantitative estimate of drug-likeness (QED) is 0.869. The van der Waals surface area contributed by atoms with Crippen LogP contribution in [0.15, 0.2) is 12.1 Å². The fourth-order valence-electron chi connectivity index (χ4n) is 3.02. The van der Waals surface area contributed by atoms with Gasteiger partial charge >= 0.3 is 0 Å². The maximum absolute atomic E-state index is 10.8. The third-order valence-electron chi connectivity index (χ3n) is 4.34. The summed E-state index contributed by atoms with van der Waals surface area (Å²) >= 11 is 0. The molecule has 0 aliphatic carbocycles. The van der Waals surface area contributed by atoms with Crippen molar-refractivity contribution in [3.8, 4) is 17.2 Å². The van der Waals surface area contributed by atoms with Gasteiger partial charge in [-0.3, -0.25) is 0 Å². The highest BCUT2D eigenvalue weighted by molar-refractivity contribution is 5.55. The molecule has 116 valence electrons. The Morgan fingerprint density at radius 2 is 2.29 bits per heavy atom. The summed E-state index contributed by atoms with van der Waals surface area (Å²) in [5, 5.41) is 10.8. The molecule has 0 radical (unpaired) electrons. The van der Waals surface area contributed by atoms with Crippen molar-refractivity contribution in [2.75, 3.05) is 33.7 Å². The van der Waals surface area contributed by atoms with Crippen molar-refractivity contribution in [1.29, 1.82) is 0 Å². The fourth-order valence-corrected chi connectivity index (χ4v) is 3.02. The van der Waals surface area contributed by atoms with E-state index in [9.17, 15) is 5.11 Å². The highest BCUT2D eigenvalue weighted by atomic mass is 16.7. The van der Waals surface area contributed by atoms with Gasteiger partial charge < -0.3 is 29.8 Å². The molecule has 0 aromatic heterocycles. The van der Waals surface area contributed by atoms with Crippen molar-refractivity contribution < 1.29 is 24.1 Å². The average molecular weight is 295 g/mol. The van der Waals surface area contributed by atoms with E-state index in [0.29, 0.717) is 36.0 Å². The van der Waals surface area contributed by atoms with Crippen LogP contribution in [0.3, 0.4) is 0 Å². The molecule has 1 aromatic rings. The van der Waals surface area contributed by atoms with Crippen molar-refractivity contribution in [2.24, 2.45) is 11.1 Å². The first-order chi connectivity index (χ1) is 10.2. The molecule has 1 saturated heterocycles. The summed E-state index contributed by atoms with van der Waals surface area (Å²) in [7, 11) is 1.57. The largest absolute Gasteiger partial charge is 0.493 e. The lowest BCUT2D eigenvalue weighted by atomic mass is 9.75. The Balaban J connectivity index is 1.95. The smallest absolute Gasteiger partial charge is 0.231 e. The van der Waals surface area contributed by atoms with Gasteiger partial charge in [-0.1, -0.05) is 0 Å². The number of hydrogen-bond acceptors (Lipinski definition) is 6. The van der Waals surface area contributed by atoms with Crippen LogP contribution in [0, 0.1) is 5.41 Å². The van der Waals surface area contributed by atoms with Crippen molar-refractivity contribution >= 4 is 0 Å². The molecule has 3 rings (SSSR count). The first-order valence-corrected chi connectivity index (χ1v) is 7.13. The Morgan fingerprint density at radius 1 is 1.43 bits per heavy atom. The molecule has 2 aliphatic rings. The molecule has 2 heterocycles. The number of hydrogen-bond donors (Lipinski definition) is 2. The third kappa shape index (κ3) is 2.43. The molecule has 2 atom stereocenters. The molecule has 2 aliphatic heterocycles. The molecule has 0 amide bonds. The lowest BCUT2D eigenvalue weighted by molar-refractivity contribution is -0.0782. The molecule has 21 heavy (non-hydrogen) atoms. The summed E-state index contributed by atoms with van der Waals surface area (Å²) in [4.78, 5) is 0. The normalized spacial score (nSPS) is 25.7. The van der Waals surface area contributed by atoms with Crippen molar-refractivity contribution in [3.63, 3.8) is 0 Å². The number of rotatable bonds is 4. The van der Waals surface area contributed by atoms with E-state index < -0.39 is 11.5 Å². The van der Waals surface area contributed by atoms with E-state index in [4.69, 9.17) is 24.7 Å². The zero-order valence-electron chi connectivity index (χ0n) is 12.1. The van der Waals surface area contributed by atoms with Crippen LogP contribution in [-0.2, 0) is 4.74 Å². The number of fused-ring (bicyclic) bond motifs is 1. The number of ether oxygens (including phenoxy) is 4. The fraction of sp³-hybridized carbons (Fsp3) is 0.600. The molecule has 6 nitrogen and oxygen atoms in total. The highest BCUT2D eigenvalue weighted by Gasteiger charge is 2.40. The van der Waals surface area contributed by atoms with E-state index in [1.807, 2.05) is 0 Å². The summed E-state index contributed by atoms with van der Waals surface area (Å²) in [6, 6.07) is 3.58. The minimum atomic E-state index is -0.730. The second-order valence-corrected chi connectivity index (χ2v) is 5.58. The molecule has 3 N–H and O–H groups in total. The number of aliphatic hydroxyl groups is 1. The summed E-state index contributed by atoms with van der Waals surface area (Å²) in [6.07, 6.45) is 1.00. The Kier molecular flexibility index (Phi) is 3.93. The summed E-state index contributed by atoms with van der Waals surface area (Å²) in [6.45, 7) is 1.71. The van der Waals surface area contributed by atoms with Crippen LogP contribution >= 0.6 is 0 Å². The molecule has 0 saturated carbocycles. The Bertz CT molecular complexity index is 513. The van der Waals surface area contributed by atoms with E-state index in [2.05, 4.69) is 0 Å². The monoisotopic (exact) mass is 295 g/mol. The molecular formula is C15H21NO5. The number of aliphatic hydroxyl groups excluding tert-OH is 1. The summed E-state index contributed by atoms with van der Waals surface area (Å²) in [5.41, 5.74) is 6.19. The van der Waals surface area contributed by atoms with E-state index in [-0.39, 0.29) is 6.79 Å². The summed E-state index contributed by atoms with van der Waals surface area (Å²) in [5.74, 6) is 1.73. The zero-order chi connectivity index (χ0) is 14.9. The maximum atomic E-state index is 10.8. The topological polar surface area (TPSA) is 83.2 Å². The molecule has 2 unspecified atom stereocenters. The number of methoxy groups -OCH3 is 1. The van der Waals surface area contributed by atoms with Gasteiger partial charge in [-0.25, -0.2) is 0 Å². The maximum Gasteiger partial charge on any atom is 0.231 e. The Hall–Kier alpha value is -1.50. The molecular weight excluding hydrogens is 274 g/mol. The standard InChI is InChI=1S/C15H21NO5/c1-18-11-5-10(6-12-13(11)21-9-20-12)14(17)15(7-16)3-2-4-19-8-15/h5-6,14,17H,2-4,7-9,16H2,1H3. The molecule has 0 bridgehead atoms. The van der Waals surface area contributed by atoms with Gasteiger partial charge in [-0.15, -0.1) is 0 Å². The van der Waals surface area contributed by atoms with Gasteiger partial charge in [0, 0.05) is 18.6 Å². The van der Waals surface area contributed by atoms with Gasteiger partial charge in [0.2, 0.25) is 12.5 Å². The second-order valence-electron chi connectivity index (χ2n) is 5.58. The average Bonchev–Trinajstić information content (AvgIpc) is 3.02. The van der Waals surface area contributed by atoms with E-state index >= 15 is 0 Å². The molecule has 0 spiro atoms. The minimum absolute atomic E-state index is 0.163. The van der Waals surface area contributed by atoms with Gasteiger partial charge in [0.1, 0.15) is 0 Å². The molecule has 1 fully saturated rings. The van der Waals surface area contributed by atoms with Gasteiger partial charge in [-0.2, -0.15) is 0 Å². The van der Waals surface area contributed by atoms with Crippen LogP contribution in [0.25, 0.3) is 0 Å². The number of benzene rings is 1. The predicted octanol–water partition coefficient (Wildman–Crippen LogP) is 1.21. The first kappa shape index (κ1) is 14.4. The van der Waals surface area contributed by atoms with Gasteiger partial charge in [0.15, 0.2) is 11.5 Å². The number of nitrogens with two attached hydrogens (primary N) is 1. The van der Waals surface area contributed by atoms with Crippen LogP contribution in [0.1, 0.15) is 24.5 Å². The van der Waals surface area contributed by atoms with Crippen molar-refractivity contribution in [2.45, 2.75) is 18.9 Å². The van der Waals surface area contributed by atoms with Gasteiger partial charge in [0.25, 0.3) is 0 Å².